The predicted octanol–water partition coefficient (Wildman–Crippen LogP) is 3.94. The number of hydrogen-bond acceptors (Lipinski definition) is 2. The molecule has 0 N–H and O–H groups in total. The van der Waals surface area contributed by atoms with Crippen LogP contribution < -0.4 is 0 Å². The van der Waals surface area contributed by atoms with E-state index in [1.54, 1.807) is 0 Å². The van der Waals surface area contributed by atoms with E-state index in [0.29, 0.717) is 5.41 Å². The summed E-state index contributed by atoms with van der Waals surface area (Å²) in [7, 11) is 0. The van der Waals surface area contributed by atoms with Crippen LogP contribution >= 0.6 is 24.4 Å². The average molecular weight is 238 g/mol. The monoisotopic (exact) mass is 238 g/mol. The first kappa shape index (κ1) is 11.4. The minimum atomic E-state index is 0.594. The van der Waals surface area contributed by atoms with Crippen LogP contribution in [0.4, 0.5) is 0 Å². The lowest BCUT2D eigenvalue weighted by atomic mass is 10.1. The van der Waals surface area contributed by atoms with Gasteiger partial charge in [0.1, 0.15) is 0 Å². The lowest BCUT2D eigenvalue weighted by Crippen LogP contribution is -2.05. The molecule has 2 heteroatoms. The van der Waals surface area contributed by atoms with Crippen molar-refractivity contribution in [3.8, 4) is 0 Å². The van der Waals surface area contributed by atoms with E-state index >= 15 is 0 Å². The highest BCUT2D eigenvalue weighted by atomic mass is 32.2. The van der Waals surface area contributed by atoms with Crippen molar-refractivity contribution in [2.45, 2.75) is 25.5 Å². The maximum absolute atomic E-state index is 4.43. The van der Waals surface area contributed by atoms with Gasteiger partial charge in [0.2, 0.25) is 0 Å². The molecule has 0 amide bonds. The summed E-state index contributed by atoms with van der Waals surface area (Å²) in [5, 5.41) is 0. The molecule has 1 fully saturated rings. The van der Waals surface area contributed by atoms with Crippen LogP contribution in [0.1, 0.15) is 24.0 Å². The molecule has 0 atom stereocenters. The van der Waals surface area contributed by atoms with Gasteiger partial charge in [-0.2, -0.15) is 24.4 Å². The zero-order valence-corrected chi connectivity index (χ0v) is 10.9. The number of thioether (sulfide) groups is 1. The van der Waals surface area contributed by atoms with Crippen LogP contribution in [-0.4, -0.2) is 11.5 Å². The van der Waals surface area contributed by atoms with Gasteiger partial charge in [-0.1, -0.05) is 24.3 Å². The van der Waals surface area contributed by atoms with Crippen molar-refractivity contribution in [1.29, 1.82) is 0 Å². The van der Waals surface area contributed by atoms with Gasteiger partial charge in [0.15, 0.2) is 0 Å². The second kappa shape index (κ2) is 4.84. The number of thiol groups is 1. The normalized spacial score (nSPS) is 17.7. The summed E-state index contributed by atoms with van der Waals surface area (Å²) < 4.78 is 0. The van der Waals surface area contributed by atoms with E-state index in [-0.39, 0.29) is 0 Å². The van der Waals surface area contributed by atoms with Crippen molar-refractivity contribution in [1.82, 2.24) is 0 Å². The van der Waals surface area contributed by atoms with Crippen molar-refractivity contribution in [3.63, 3.8) is 0 Å². The number of benzene rings is 1. The maximum Gasteiger partial charge on any atom is 0.0187 e. The Balaban J connectivity index is 1.81. The van der Waals surface area contributed by atoms with Crippen molar-refractivity contribution in [2.75, 3.05) is 11.5 Å². The third-order valence-electron chi connectivity index (χ3n) is 3.22. The summed E-state index contributed by atoms with van der Waals surface area (Å²) in [6.07, 6.45) is 2.77. The van der Waals surface area contributed by atoms with Crippen molar-refractivity contribution < 1.29 is 0 Å². The van der Waals surface area contributed by atoms with Crippen LogP contribution in [-0.2, 0) is 5.75 Å². The third kappa shape index (κ3) is 2.94. The van der Waals surface area contributed by atoms with Gasteiger partial charge in [-0.15, -0.1) is 0 Å². The standard InChI is InChI=1S/C13H18S2/c1-11-4-2-3-5-12(11)8-15-10-13(9-14)6-7-13/h2-5,14H,6-10H2,1H3. The zero-order valence-electron chi connectivity index (χ0n) is 9.20. The van der Waals surface area contributed by atoms with Gasteiger partial charge in [-0.05, 0) is 42.1 Å². The number of hydrogen-bond donors (Lipinski definition) is 1. The van der Waals surface area contributed by atoms with Gasteiger partial charge in [0.05, 0.1) is 0 Å². The first-order chi connectivity index (χ1) is 7.26. The molecule has 1 aromatic carbocycles. The zero-order chi connectivity index (χ0) is 10.7. The maximum atomic E-state index is 4.43. The Bertz CT molecular complexity index is 329. The first-order valence-corrected chi connectivity index (χ1v) is 7.28. The minimum absolute atomic E-state index is 0.594. The Morgan fingerprint density at radius 3 is 2.67 bits per heavy atom. The second-order valence-electron chi connectivity index (χ2n) is 4.58. The van der Waals surface area contributed by atoms with E-state index in [0.717, 1.165) is 11.5 Å². The van der Waals surface area contributed by atoms with Gasteiger partial charge >= 0.3 is 0 Å². The quantitative estimate of drug-likeness (QED) is 0.758. The molecule has 1 aromatic rings. The van der Waals surface area contributed by atoms with Gasteiger partial charge in [0, 0.05) is 11.5 Å². The SMILES string of the molecule is Cc1ccccc1CSCC1(CS)CC1. The average Bonchev–Trinajstić information content (AvgIpc) is 3.02. The Hall–Kier alpha value is -0.0800. The molecule has 0 spiro atoms. The molecule has 0 unspecified atom stereocenters. The molecule has 0 aromatic heterocycles. The van der Waals surface area contributed by atoms with Gasteiger partial charge in [-0.25, -0.2) is 0 Å². The second-order valence-corrected chi connectivity index (χ2v) is 5.88. The lowest BCUT2D eigenvalue weighted by Gasteiger charge is -2.11. The fraction of sp³-hybridized carbons (Fsp3) is 0.538. The molecule has 15 heavy (non-hydrogen) atoms. The van der Waals surface area contributed by atoms with Crippen LogP contribution in [0.3, 0.4) is 0 Å². The van der Waals surface area contributed by atoms with Crippen LogP contribution in [0.25, 0.3) is 0 Å². The molecular weight excluding hydrogens is 220 g/mol. The van der Waals surface area contributed by atoms with Gasteiger partial charge in [-0.3, -0.25) is 0 Å². The summed E-state index contributed by atoms with van der Waals surface area (Å²) in [6, 6.07) is 8.68. The van der Waals surface area contributed by atoms with Crippen molar-refractivity contribution in [3.05, 3.63) is 35.4 Å². The van der Waals surface area contributed by atoms with Gasteiger partial charge < -0.3 is 0 Å². The highest BCUT2D eigenvalue weighted by molar-refractivity contribution is 7.98. The molecule has 0 saturated heterocycles. The molecule has 2 rings (SSSR count). The molecule has 0 bridgehead atoms. The number of aryl methyl sites for hydroxylation is 1. The number of rotatable bonds is 5. The summed E-state index contributed by atoms with van der Waals surface area (Å²) in [5.74, 6) is 3.50. The molecular formula is C13H18S2. The Labute approximate surface area is 102 Å². The van der Waals surface area contributed by atoms with Gasteiger partial charge in [0.25, 0.3) is 0 Å². The fourth-order valence-corrected chi connectivity index (χ4v) is 3.72. The highest BCUT2D eigenvalue weighted by Crippen LogP contribution is 2.49. The third-order valence-corrected chi connectivity index (χ3v) is 5.22. The van der Waals surface area contributed by atoms with E-state index in [1.165, 1.54) is 29.7 Å². The topological polar surface area (TPSA) is 0 Å². The molecule has 82 valence electrons. The van der Waals surface area contributed by atoms with E-state index < -0.39 is 0 Å². The fourth-order valence-electron chi connectivity index (χ4n) is 1.67. The lowest BCUT2D eigenvalue weighted by molar-refractivity contribution is 0.683. The van der Waals surface area contributed by atoms with Crippen molar-refractivity contribution >= 4 is 24.4 Å². The van der Waals surface area contributed by atoms with E-state index in [2.05, 4.69) is 55.6 Å². The highest BCUT2D eigenvalue weighted by Gasteiger charge is 2.40. The summed E-state index contributed by atoms with van der Waals surface area (Å²) >= 11 is 6.50. The summed E-state index contributed by atoms with van der Waals surface area (Å²) in [6.45, 7) is 2.20. The van der Waals surface area contributed by atoms with Crippen molar-refractivity contribution in [2.24, 2.45) is 5.41 Å². The molecule has 0 heterocycles. The van der Waals surface area contributed by atoms with E-state index in [9.17, 15) is 0 Å². The largest absolute Gasteiger partial charge is 0.179 e. The minimum Gasteiger partial charge on any atom is -0.179 e. The summed E-state index contributed by atoms with van der Waals surface area (Å²) in [4.78, 5) is 0. The Morgan fingerprint density at radius 1 is 1.33 bits per heavy atom. The molecule has 1 aliphatic carbocycles. The molecule has 0 aliphatic heterocycles. The molecule has 1 saturated carbocycles. The predicted molar refractivity (Wildman–Crippen MR) is 72.9 cm³/mol. The Morgan fingerprint density at radius 2 is 2.07 bits per heavy atom. The van der Waals surface area contributed by atoms with Crippen LogP contribution in [0.5, 0.6) is 0 Å². The molecule has 0 radical (unpaired) electrons. The van der Waals surface area contributed by atoms with Crippen LogP contribution in [0.15, 0.2) is 24.3 Å². The summed E-state index contributed by atoms with van der Waals surface area (Å²) in [5.41, 5.74) is 3.49. The first-order valence-electron chi connectivity index (χ1n) is 5.49. The molecule has 1 aliphatic rings. The van der Waals surface area contributed by atoms with Crippen LogP contribution in [0, 0.1) is 12.3 Å². The molecule has 0 nitrogen and oxygen atoms in total. The smallest absolute Gasteiger partial charge is 0.0187 e. The Kier molecular flexibility index (Phi) is 3.68. The van der Waals surface area contributed by atoms with E-state index in [4.69, 9.17) is 0 Å². The van der Waals surface area contributed by atoms with E-state index in [1.807, 2.05) is 0 Å². The van der Waals surface area contributed by atoms with Crippen LogP contribution in [0.2, 0.25) is 0 Å².